The lowest BCUT2D eigenvalue weighted by molar-refractivity contribution is -0.123. The Bertz CT molecular complexity index is 1240. The number of hydrogen-bond acceptors (Lipinski definition) is 8. The lowest BCUT2D eigenvalue weighted by atomic mass is 9.98. The summed E-state index contributed by atoms with van der Waals surface area (Å²) in [6, 6.07) is 5.35. The topological polar surface area (TPSA) is 150 Å². The number of nitriles is 1. The highest BCUT2D eigenvalue weighted by molar-refractivity contribution is 7.89. The van der Waals surface area contributed by atoms with Gasteiger partial charge in [0, 0.05) is 24.7 Å². The monoisotopic (exact) mass is 466 g/mol. The summed E-state index contributed by atoms with van der Waals surface area (Å²) in [4.78, 5) is 29.1. The van der Waals surface area contributed by atoms with Crippen molar-refractivity contribution in [1.82, 2.24) is 9.71 Å². The molecule has 0 spiro atoms. The van der Waals surface area contributed by atoms with E-state index >= 15 is 0 Å². The molecule has 168 valence electrons. The van der Waals surface area contributed by atoms with Crippen molar-refractivity contribution in [1.29, 1.82) is 5.26 Å². The molecular formula is C19H16F2N4O6S. The van der Waals surface area contributed by atoms with Crippen LogP contribution in [0.2, 0.25) is 0 Å². The van der Waals surface area contributed by atoms with Crippen molar-refractivity contribution in [3.05, 3.63) is 52.6 Å². The van der Waals surface area contributed by atoms with Gasteiger partial charge in [-0.05, 0) is 12.1 Å². The van der Waals surface area contributed by atoms with E-state index in [1.807, 2.05) is 10.8 Å². The van der Waals surface area contributed by atoms with Gasteiger partial charge in [-0.3, -0.25) is 9.52 Å². The SMILES string of the molecule is COc1nc(N2CC(C(=O)NS(=O)(=O)Cc3ccc(F)cc3F)C2)c(C#N)cc1C(=O)O. The first kappa shape index (κ1) is 22.9. The number of aromatic carboxylic acids is 1. The van der Waals surface area contributed by atoms with Gasteiger partial charge in [-0.25, -0.2) is 22.0 Å². The summed E-state index contributed by atoms with van der Waals surface area (Å²) < 4.78 is 57.8. The first-order valence-corrected chi connectivity index (χ1v) is 10.7. The third-order valence-corrected chi connectivity index (χ3v) is 5.88. The second-order valence-electron chi connectivity index (χ2n) is 6.90. The summed E-state index contributed by atoms with van der Waals surface area (Å²) in [5, 5.41) is 18.5. The maximum atomic E-state index is 13.7. The largest absolute Gasteiger partial charge is 0.480 e. The number of carbonyl (C=O) groups is 2. The molecule has 0 aliphatic carbocycles. The van der Waals surface area contributed by atoms with Gasteiger partial charge >= 0.3 is 5.97 Å². The fourth-order valence-corrected chi connectivity index (χ4v) is 4.24. The molecule has 1 amide bonds. The Kier molecular flexibility index (Phi) is 6.26. The Morgan fingerprint density at radius 1 is 1.34 bits per heavy atom. The maximum absolute atomic E-state index is 13.7. The fraction of sp³-hybridized carbons (Fsp3) is 0.263. The summed E-state index contributed by atoms with van der Waals surface area (Å²) in [5.74, 6) is -5.83. The van der Waals surface area contributed by atoms with Gasteiger partial charge in [0.05, 0.1) is 24.3 Å². The van der Waals surface area contributed by atoms with Gasteiger partial charge in [0.1, 0.15) is 23.3 Å². The molecule has 1 saturated heterocycles. The molecule has 2 N–H and O–H groups in total. The van der Waals surface area contributed by atoms with Gasteiger partial charge in [0.25, 0.3) is 0 Å². The molecule has 0 radical (unpaired) electrons. The normalized spacial score (nSPS) is 13.8. The standard InChI is InChI=1S/C19H16F2N4O6S/c1-31-18-14(19(27)28)4-11(6-22)16(23-18)25-7-12(8-25)17(26)24-32(29,30)9-10-2-3-13(20)5-15(10)21/h2-5,12H,7-9H2,1H3,(H,24,26)(H,27,28). The zero-order valence-electron chi connectivity index (χ0n) is 16.5. The molecule has 2 heterocycles. The first-order valence-electron chi connectivity index (χ1n) is 9.00. The zero-order valence-corrected chi connectivity index (χ0v) is 17.3. The first-order chi connectivity index (χ1) is 15.0. The number of carbonyl (C=O) groups excluding carboxylic acids is 1. The van der Waals surface area contributed by atoms with Crippen molar-refractivity contribution >= 4 is 27.7 Å². The molecule has 0 atom stereocenters. The van der Waals surface area contributed by atoms with Crippen molar-refractivity contribution in [3.8, 4) is 11.9 Å². The van der Waals surface area contributed by atoms with E-state index in [0.29, 0.717) is 6.07 Å². The van der Waals surface area contributed by atoms with E-state index in [1.165, 1.54) is 12.0 Å². The van der Waals surface area contributed by atoms with E-state index in [4.69, 9.17) is 4.74 Å². The van der Waals surface area contributed by atoms with Crippen LogP contribution in [0.15, 0.2) is 24.3 Å². The van der Waals surface area contributed by atoms with Crippen LogP contribution in [-0.2, 0) is 20.6 Å². The number of benzene rings is 1. The molecule has 32 heavy (non-hydrogen) atoms. The van der Waals surface area contributed by atoms with E-state index in [9.17, 15) is 37.2 Å². The number of aromatic nitrogens is 1. The Balaban J connectivity index is 1.68. The average molecular weight is 466 g/mol. The molecule has 0 unspecified atom stereocenters. The van der Waals surface area contributed by atoms with E-state index in [0.717, 1.165) is 18.2 Å². The molecule has 1 aliphatic rings. The smallest absolute Gasteiger partial charge is 0.341 e. The Morgan fingerprint density at radius 2 is 2.03 bits per heavy atom. The number of halogens is 2. The van der Waals surface area contributed by atoms with Gasteiger partial charge in [0.15, 0.2) is 5.82 Å². The minimum atomic E-state index is -4.24. The Labute approximate surface area is 181 Å². The second-order valence-corrected chi connectivity index (χ2v) is 8.62. The van der Waals surface area contributed by atoms with Crippen LogP contribution in [0, 0.1) is 28.9 Å². The van der Waals surface area contributed by atoms with Crippen molar-refractivity contribution in [2.45, 2.75) is 5.75 Å². The van der Waals surface area contributed by atoms with E-state index in [-0.39, 0.29) is 41.5 Å². The number of sulfonamides is 1. The lowest BCUT2D eigenvalue weighted by Crippen LogP contribution is -2.55. The predicted octanol–water partition coefficient (Wildman–Crippen LogP) is 1.02. The van der Waals surface area contributed by atoms with Gasteiger partial charge in [-0.2, -0.15) is 10.2 Å². The maximum Gasteiger partial charge on any atom is 0.341 e. The van der Waals surface area contributed by atoms with Crippen LogP contribution in [0.25, 0.3) is 0 Å². The Morgan fingerprint density at radius 3 is 2.59 bits per heavy atom. The van der Waals surface area contributed by atoms with Crippen molar-refractivity contribution in [2.75, 3.05) is 25.1 Å². The van der Waals surface area contributed by atoms with Crippen LogP contribution >= 0.6 is 0 Å². The number of methoxy groups -OCH3 is 1. The number of ether oxygens (including phenoxy) is 1. The number of hydrogen-bond donors (Lipinski definition) is 2. The third-order valence-electron chi connectivity index (χ3n) is 4.68. The molecule has 13 heteroatoms. The average Bonchev–Trinajstić information content (AvgIpc) is 2.67. The van der Waals surface area contributed by atoms with Crippen molar-refractivity contribution < 1.29 is 36.6 Å². The number of carboxylic acid groups (broad SMARTS) is 1. The molecule has 1 aliphatic heterocycles. The van der Waals surface area contributed by atoms with E-state index in [1.54, 1.807) is 0 Å². The summed E-state index contributed by atoms with van der Waals surface area (Å²) in [6.07, 6.45) is 0. The van der Waals surface area contributed by atoms with Gasteiger partial charge < -0.3 is 14.7 Å². The Hall–Kier alpha value is -3.79. The minimum Gasteiger partial charge on any atom is -0.480 e. The number of carboxylic acids is 1. The van der Waals surface area contributed by atoms with Crippen LogP contribution < -0.4 is 14.4 Å². The molecule has 1 aromatic heterocycles. The second kappa shape index (κ2) is 8.75. The molecule has 1 aromatic carbocycles. The minimum absolute atomic E-state index is 0.00349. The van der Waals surface area contributed by atoms with Crippen molar-refractivity contribution in [2.24, 2.45) is 5.92 Å². The third kappa shape index (κ3) is 4.75. The van der Waals surface area contributed by atoms with E-state index in [2.05, 4.69) is 4.98 Å². The van der Waals surface area contributed by atoms with Gasteiger partial charge in [-0.1, -0.05) is 6.07 Å². The van der Waals surface area contributed by atoms with Crippen molar-refractivity contribution in [3.63, 3.8) is 0 Å². The highest BCUT2D eigenvalue weighted by Crippen LogP contribution is 2.30. The number of pyridine rings is 1. The van der Waals surface area contributed by atoms with E-state index < -0.39 is 45.2 Å². The number of nitrogens with zero attached hydrogens (tertiary/aromatic N) is 3. The van der Waals surface area contributed by atoms with Crippen LogP contribution in [0.1, 0.15) is 21.5 Å². The molecule has 0 saturated carbocycles. The number of amides is 1. The number of anilines is 1. The molecule has 10 nitrogen and oxygen atoms in total. The highest BCUT2D eigenvalue weighted by atomic mass is 32.2. The molecular weight excluding hydrogens is 450 g/mol. The van der Waals surface area contributed by atoms with Crippen LogP contribution in [-0.4, -0.2) is 50.6 Å². The summed E-state index contributed by atoms with van der Waals surface area (Å²) in [7, 11) is -3.03. The van der Waals surface area contributed by atoms with Crippen LogP contribution in [0.5, 0.6) is 5.88 Å². The summed E-state index contributed by atoms with van der Waals surface area (Å²) >= 11 is 0. The number of nitrogens with one attached hydrogen (secondary N) is 1. The predicted molar refractivity (Wildman–Crippen MR) is 105 cm³/mol. The number of rotatable bonds is 7. The molecule has 1 fully saturated rings. The molecule has 2 aromatic rings. The summed E-state index contributed by atoms with van der Waals surface area (Å²) in [6.45, 7) is 0.00697. The lowest BCUT2D eigenvalue weighted by Gasteiger charge is -2.39. The van der Waals surface area contributed by atoms with Gasteiger partial charge in [-0.15, -0.1) is 0 Å². The summed E-state index contributed by atoms with van der Waals surface area (Å²) in [5.41, 5.74) is -0.654. The quantitative estimate of drug-likeness (QED) is 0.610. The zero-order chi connectivity index (χ0) is 23.6. The highest BCUT2D eigenvalue weighted by Gasteiger charge is 2.37. The molecule has 3 rings (SSSR count). The molecule has 0 bridgehead atoms. The van der Waals surface area contributed by atoms with Crippen LogP contribution in [0.4, 0.5) is 14.6 Å². The van der Waals surface area contributed by atoms with Gasteiger partial charge in [0.2, 0.25) is 21.8 Å². The van der Waals surface area contributed by atoms with Crippen LogP contribution in [0.3, 0.4) is 0 Å². The fourth-order valence-electron chi connectivity index (χ4n) is 3.05.